The van der Waals surface area contributed by atoms with Crippen molar-refractivity contribution in [3.8, 4) is 5.75 Å². The molecule has 0 spiro atoms. The molecule has 160 valence electrons. The number of carbonyl (C=O) groups is 1. The quantitative estimate of drug-likeness (QED) is 0.573. The third-order valence-electron chi connectivity index (χ3n) is 5.47. The minimum atomic E-state index is -3.09. The number of anilines is 1. The highest BCUT2D eigenvalue weighted by Gasteiger charge is 2.49. The molecule has 0 unspecified atom stereocenters. The molecule has 6 nitrogen and oxygen atoms in total. The van der Waals surface area contributed by atoms with Crippen LogP contribution in [-0.4, -0.2) is 48.9 Å². The van der Waals surface area contributed by atoms with Crippen LogP contribution in [0.15, 0.2) is 29.3 Å². The molecule has 2 atom stereocenters. The highest BCUT2D eigenvalue weighted by molar-refractivity contribution is 8.16. The average Bonchev–Trinajstić information content (AvgIpc) is 3.14. The lowest BCUT2D eigenvalue weighted by Crippen LogP contribution is -2.37. The fourth-order valence-electron chi connectivity index (χ4n) is 3.75. The zero-order chi connectivity index (χ0) is 21.0. The first kappa shape index (κ1) is 22.2. The van der Waals surface area contributed by atoms with Gasteiger partial charge in [-0.1, -0.05) is 45.0 Å². The van der Waals surface area contributed by atoms with Crippen LogP contribution in [0.1, 0.15) is 46.5 Å². The predicted molar refractivity (Wildman–Crippen MR) is 120 cm³/mol. The van der Waals surface area contributed by atoms with Gasteiger partial charge in [-0.15, -0.1) is 0 Å². The number of aliphatic imine (C=N–C) groups is 1. The number of carbonyl (C=O) groups excluding carboxylic acids is 1. The van der Waals surface area contributed by atoms with Crippen LogP contribution in [-0.2, 0) is 14.6 Å². The largest absolute Gasteiger partial charge is 0.494 e. The summed E-state index contributed by atoms with van der Waals surface area (Å²) >= 11 is 1.42. The molecule has 1 aromatic carbocycles. The smallest absolute Gasteiger partial charge is 0.251 e. The first-order valence-electron chi connectivity index (χ1n) is 10.4. The first-order valence-corrected chi connectivity index (χ1v) is 13.1. The minimum absolute atomic E-state index is 0.0871. The van der Waals surface area contributed by atoms with Gasteiger partial charge in [-0.05, 0) is 31.4 Å². The molecular weight excluding hydrogens is 408 g/mol. The zero-order valence-electron chi connectivity index (χ0n) is 17.3. The molecule has 8 heteroatoms. The molecule has 0 bridgehead atoms. The van der Waals surface area contributed by atoms with E-state index in [9.17, 15) is 13.2 Å². The van der Waals surface area contributed by atoms with Crippen molar-refractivity contribution in [2.45, 2.75) is 57.7 Å². The molecule has 2 aliphatic heterocycles. The number of hydrogen-bond donors (Lipinski definition) is 0. The number of amides is 1. The number of unbranched alkanes of at least 4 members (excludes halogenated alkanes) is 1. The third-order valence-corrected chi connectivity index (χ3v) is 8.68. The van der Waals surface area contributed by atoms with E-state index in [4.69, 9.17) is 4.74 Å². The molecule has 1 aromatic rings. The highest BCUT2D eigenvalue weighted by Crippen LogP contribution is 2.41. The number of thioether (sulfide) groups is 1. The number of rotatable bonds is 8. The Labute approximate surface area is 178 Å². The molecule has 2 aliphatic rings. The standard InChI is InChI=1S/C21H30N2O4S2/c1-4-7-11-27-17-10-8-9-16(12-17)23-18-13-29(25,26)14-19(18)28-21(23)22-20(24)15(5-2)6-3/h8-10,12,15,18-19H,4-7,11,13-14H2,1-3H3/t18-,19+/m0/s1. The molecule has 2 fully saturated rings. The lowest BCUT2D eigenvalue weighted by molar-refractivity contribution is -0.121. The van der Waals surface area contributed by atoms with Crippen LogP contribution in [0.4, 0.5) is 5.69 Å². The Morgan fingerprint density at radius 1 is 1.28 bits per heavy atom. The Morgan fingerprint density at radius 2 is 2.03 bits per heavy atom. The highest BCUT2D eigenvalue weighted by atomic mass is 32.2. The zero-order valence-corrected chi connectivity index (χ0v) is 19.0. The van der Waals surface area contributed by atoms with Crippen LogP contribution in [0.25, 0.3) is 0 Å². The van der Waals surface area contributed by atoms with Gasteiger partial charge in [-0.2, -0.15) is 4.99 Å². The number of hydrogen-bond acceptors (Lipinski definition) is 5. The van der Waals surface area contributed by atoms with E-state index in [0.717, 1.165) is 37.1 Å². The number of ether oxygens (including phenoxy) is 1. The fraction of sp³-hybridized carbons (Fsp3) is 0.619. The number of benzene rings is 1. The van der Waals surface area contributed by atoms with Gasteiger partial charge in [0.15, 0.2) is 15.0 Å². The van der Waals surface area contributed by atoms with Gasteiger partial charge in [0.05, 0.1) is 24.2 Å². The number of sulfone groups is 1. The molecule has 0 radical (unpaired) electrons. The van der Waals surface area contributed by atoms with Crippen LogP contribution in [0.5, 0.6) is 5.75 Å². The first-order chi connectivity index (χ1) is 13.9. The average molecular weight is 439 g/mol. The van der Waals surface area contributed by atoms with Crippen molar-refractivity contribution in [1.82, 2.24) is 0 Å². The topological polar surface area (TPSA) is 76.0 Å². The number of amidine groups is 1. The Morgan fingerprint density at radius 3 is 2.72 bits per heavy atom. The Balaban J connectivity index is 1.92. The van der Waals surface area contributed by atoms with Crippen molar-refractivity contribution >= 4 is 38.4 Å². The summed E-state index contributed by atoms with van der Waals surface area (Å²) in [7, 11) is -3.09. The van der Waals surface area contributed by atoms with Crippen LogP contribution in [0.2, 0.25) is 0 Å². The Kier molecular flexibility index (Phi) is 7.27. The molecule has 2 heterocycles. The molecule has 0 aromatic heterocycles. The third kappa shape index (κ3) is 5.15. The summed E-state index contributed by atoms with van der Waals surface area (Å²) in [6.07, 6.45) is 3.53. The van der Waals surface area contributed by atoms with Gasteiger partial charge in [0.2, 0.25) is 0 Å². The summed E-state index contributed by atoms with van der Waals surface area (Å²) in [4.78, 5) is 19.0. The van der Waals surface area contributed by atoms with E-state index in [2.05, 4.69) is 11.9 Å². The van der Waals surface area contributed by atoms with Crippen LogP contribution >= 0.6 is 11.8 Å². The molecule has 2 saturated heterocycles. The van der Waals surface area contributed by atoms with Crippen molar-refractivity contribution in [3.05, 3.63) is 24.3 Å². The van der Waals surface area contributed by atoms with Crippen molar-refractivity contribution in [3.63, 3.8) is 0 Å². The van der Waals surface area contributed by atoms with Gasteiger partial charge >= 0.3 is 0 Å². The SMILES string of the molecule is CCCCOc1cccc(N2C(=NC(=O)C(CC)CC)S[C@@H]3CS(=O)(=O)C[C@@H]32)c1. The van der Waals surface area contributed by atoms with Gasteiger partial charge in [0.25, 0.3) is 5.91 Å². The van der Waals surface area contributed by atoms with E-state index < -0.39 is 9.84 Å². The second-order valence-corrected chi connectivity index (χ2v) is 11.0. The minimum Gasteiger partial charge on any atom is -0.494 e. The maximum Gasteiger partial charge on any atom is 0.251 e. The van der Waals surface area contributed by atoms with Gasteiger partial charge in [0.1, 0.15) is 5.75 Å². The molecule has 0 saturated carbocycles. The second-order valence-electron chi connectivity index (χ2n) is 7.62. The lowest BCUT2D eigenvalue weighted by Gasteiger charge is -2.25. The fourth-order valence-corrected chi connectivity index (χ4v) is 7.67. The number of nitrogens with zero attached hydrogens (tertiary/aromatic N) is 2. The Bertz CT molecular complexity index is 865. The van der Waals surface area contributed by atoms with Crippen LogP contribution < -0.4 is 9.64 Å². The molecule has 29 heavy (non-hydrogen) atoms. The van der Waals surface area contributed by atoms with Crippen LogP contribution in [0.3, 0.4) is 0 Å². The maximum absolute atomic E-state index is 12.7. The van der Waals surface area contributed by atoms with Crippen molar-refractivity contribution in [2.75, 3.05) is 23.0 Å². The summed E-state index contributed by atoms with van der Waals surface area (Å²) in [6.45, 7) is 6.74. The van der Waals surface area contributed by atoms with E-state index in [1.54, 1.807) is 0 Å². The Hall–Kier alpha value is -1.54. The molecule has 3 rings (SSSR count). The summed E-state index contributed by atoms with van der Waals surface area (Å²) in [5, 5.41) is 0.510. The van der Waals surface area contributed by atoms with E-state index in [0.29, 0.717) is 11.8 Å². The predicted octanol–water partition coefficient (Wildman–Crippen LogP) is 3.90. The van der Waals surface area contributed by atoms with Crippen molar-refractivity contribution in [2.24, 2.45) is 10.9 Å². The maximum atomic E-state index is 12.7. The molecule has 1 amide bonds. The summed E-state index contributed by atoms with van der Waals surface area (Å²) in [5.41, 5.74) is 0.826. The second kappa shape index (κ2) is 9.51. The summed E-state index contributed by atoms with van der Waals surface area (Å²) < 4.78 is 30.3. The van der Waals surface area contributed by atoms with Crippen molar-refractivity contribution < 1.29 is 17.9 Å². The summed E-state index contributed by atoms with van der Waals surface area (Å²) in [5.74, 6) is 0.738. The number of fused-ring (bicyclic) bond motifs is 1. The molecule has 0 N–H and O–H groups in total. The van der Waals surface area contributed by atoms with Gasteiger partial charge in [0, 0.05) is 22.9 Å². The molecule has 0 aliphatic carbocycles. The van der Waals surface area contributed by atoms with Gasteiger partial charge in [-0.3, -0.25) is 4.79 Å². The van der Waals surface area contributed by atoms with E-state index in [1.165, 1.54) is 11.8 Å². The monoisotopic (exact) mass is 438 g/mol. The van der Waals surface area contributed by atoms with E-state index in [-0.39, 0.29) is 34.6 Å². The van der Waals surface area contributed by atoms with E-state index in [1.807, 2.05) is 43.0 Å². The van der Waals surface area contributed by atoms with Crippen molar-refractivity contribution in [1.29, 1.82) is 0 Å². The molecular formula is C21H30N2O4S2. The lowest BCUT2D eigenvalue weighted by atomic mass is 10.0. The van der Waals surface area contributed by atoms with Gasteiger partial charge < -0.3 is 9.64 Å². The summed E-state index contributed by atoms with van der Waals surface area (Å²) in [6, 6.07) is 7.44. The van der Waals surface area contributed by atoms with E-state index >= 15 is 0 Å². The van der Waals surface area contributed by atoms with Crippen LogP contribution in [0, 0.1) is 5.92 Å². The van der Waals surface area contributed by atoms with Gasteiger partial charge in [-0.25, -0.2) is 8.42 Å². The normalized spacial score (nSPS) is 24.3.